The molecule has 0 bridgehead atoms. The minimum absolute atomic E-state index is 0.114. The fourth-order valence-corrected chi connectivity index (χ4v) is 2.95. The highest BCUT2D eigenvalue weighted by Gasteiger charge is 2.47. The molecule has 3 heterocycles. The molecule has 2 aliphatic rings. The first kappa shape index (κ1) is 18.1. The van der Waals surface area contributed by atoms with E-state index < -0.39 is 23.4 Å². The van der Waals surface area contributed by atoms with Crippen LogP contribution in [0.5, 0.6) is 0 Å². The summed E-state index contributed by atoms with van der Waals surface area (Å²) < 4.78 is 0. The van der Waals surface area contributed by atoms with E-state index in [1.807, 2.05) is 4.90 Å². The molecule has 2 saturated heterocycles. The summed E-state index contributed by atoms with van der Waals surface area (Å²) in [5, 5.41) is 3.38. The van der Waals surface area contributed by atoms with Gasteiger partial charge in [-0.15, -0.1) is 0 Å². The van der Waals surface area contributed by atoms with Crippen molar-refractivity contribution in [3.05, 3.63) is 18.5 Å². The highest BCUT2D eigenvalue weighted by atomic mass is 16.2. The number of anilines is 1. The number of hydrazine groups is 1. The van der Waals surface area contributed by atoms with E-state index in [1.165, 1.54) is 0 Å². The van der Waals surface area contributed by atoms with Gasteiger partial charge in [-0.1, -0.05) is 6.92 Å². The predicted octanol–water partition coefficient (Wildman–Crippen LogP) is -0.650. The fourth-order valence-electron chi connectivity index (χ4n) is 2.95. The topological polar surface area (TPSA) is 111 Å². The van der Waals surface area contributed by atoms with Gasteiger partial charge in [0.25, 0.3) is 11.8 Å². The average molecular weight is 361 g/mol. The largest absolute Gasteiger partial charge is 0.344 e. The Labute approximate surface area is 151 Å². The number of rotatable bonds is 5. The molecule has 0 radical (unpaired) electrons. The third-order valence-electron chi connectivity index (χ3n) is 4.78. The second kappa shape index (κ2) is 7.24. The van der Waals surface area contributed by atoms with Gasteiger partial charge in [-0.2, -0.15) is 5.01 Å². The van der Waals surface area contributed by atoms with E-state index >= 15 is 0 Å². The van der Waals surface area contributed by atoms with Crippen molar-refractivity contribution >= 4 is 23.8 Å². The standard InChI is InChI=1S/C16H23N7O3/c1-3-16(2)13(25)23(15(26)19-16)20-12(24)11-21-7-9-22(10-8-21)14-17-5-4-6-18-14/h4-6H,3,7-11H2,1-2H3,(H,19,26)(H,20,24). The molecule has 140 valence electrons. The Hall–Kier alpha value is -2.75. The molecule has 0 aromatic carbocycles. The Bertz CT molecular complexity index is 690. The van der Waals surface area contributed by atoms with Crippen LogP contribution >= 0.6 is 0 Å². The number of nitrogens with one attached hydrogen (secondary N) is 2. The zero-order chi connectivity index (χ0) is 18.7. The molecule has 0 spiro atoms. The monoisotopic (exact) mass is 361 g/mol. The van der Waals surface area contributed by atoms with Crippen LogP contribution in [0, 0.1) is 0 Å². The van der Waals surface area contributed by atoms with Crippen LogP contribution in [0.1, 0.15) is 20.3 Å². The molecule has 4 amide bonds. The molecule has 1 aromatic heterocycles. The molecule has 2 N–H and O–H groups in total. The molecular formula is C16H23N7O3. The highest BCUT2D eigenvalue weighted by Crippen LogP contribution is 2.19. The lowest BCUT2D eigenvalue weighted by Crippen LogP contribution is -2.54. The molecular weight excluding hydrogens is 338 g/mol. The summed E-state index contributed by atoms with van der Waals surface area (Å²) in [4.78, 5) is 48.9. The summed E-state index contributed by atoms with van der Waals surface area (Å²) >= 11 is 0. The maximum Gasteiger partial charge on any atom is 0.344 e. The number of urea groups is 1. The first-order valence-corrected chi connectivity index (χ1v) is 8.63. The number of amides is 4. The molecule has 3 rings (SSSR count). The van der Waals surface area contributed by atoms with Gasteiger partial charge >= 0.3 is 6.03 Å². The molecule has 2 fully saturated rings. The summed E-state index contributed by atoms with van der Waals surface area (Å²) in [5.41, 5.74) is 1.44. The second-order valence-electron chi connectivity index (χ2n) is 6.60. The number of imide groups is 1. The molecule has 1 unspecified atom stereocenters. The van der Waals surface area contributed by atoms with Crippen molar-refractivity contribution in [1.82, 2.24) is 30.6 Å². The number of nitrogens with zero attached hydrogens (tertiary/aromatic N) is 5. The average Bonchev–Trinajstić information content (AvgIpc) is 2.87. The molecule has 0 aliphatic carbocycles. The van der Waals surface area contributed by atoms with E-state index in [4.69, 9.17) is 0 Å². The number of hydrogen-bond acceptors (Lipinski definition) is 7. The first-order chi connectivity index (χ1) is 12.4. The van der Waals surface area contributed by atoms with E-state index in [-0.39, 0.29) is 6.54 Å². The highest BCUT2D eigenvalue weighted by molar-refractivity contribution is 6.07. The third-order valence-corrected chi connectivity index (χ3v) is 4.78. The lowest BCUT2D eigenvalue weighted by atomic mass is 10.00. The van der Waals surface area contributed by atoms with Gasteiger partial charge in [0.05, 0.1) is 6.54 Å². The van der Waals surface area contributed by atoms with E-state index in [2.05, 4.69) is 25.6 Å². The van der Waals surface area contributed by atoms with Crippen molar-refractivity contribution in [2.75, 3.05) is 37.6 Å². The Morgan fingerprint density at radius 2 is 1.88 bits per heavy atom. The normalized spacial score (nSPS) is 23.9. The van der Waals surface area contributed by atoms with Crippen molar-refractivity contribution < 1.29 is 14.4 Å². The Morgan fingerprint density at radius 3 is 2.46 bits per heavy atom. The van der Waals surface area contributed by atoms with E-state index in [9.17, 15) is 14.4 Å². The van der Waals surface area contributed by atoms with Crippen LogP contribution in [0.25, 0.3) is 0 Å². The summed E-state index contributed by atoms with van der Waals surface area (Å²) in [6.45, 7) is 6.30. The van der Waals surface area contributed by atoms with Crippen LogP contribution in [0.15, 0.2) is 18.5 Å². The summed E-state index contributed by atoms with van der Waals surface area (Å²) in [7, 11) is 0. The lowest BCUT2D eigenvalue weighted by molar-refractivity contribution is -0.139. The minimum Gasteiger partial charge on any atom is -0.338 e. The van der Waals surface area contributed by atoms with Crippen molar-refractivity contribution in [1.29, 1.82) is 0 Å². The van der Waals surface area contributed by atoms with Gasteiger partial charge in [0.2, 0.25) is 5.95 Å². The van der Waals surface area contributed by atoms with Crippen LogP contribution in [0.3, 0.4) is 0 Å². The Kier molecular flexibility index (Phi) is 5.03. The van der Waals surface area contributed by atoms with E-state index in [1.54, 1.807) is 32.3 Å². The third kappa shape index (κ3) is 3.59. The van der Waals surface area contributed by atoms with Gasteiger partial charge in [0.15, 0.2) is 0 Å². The van der Waals surface area contributed by atoms with Gasteiger partial charge in [-0.25, -0.2) is 14.8 Å². The summed E-state index contributed by atoms with van der Waals surface area (Å²) in [6.07, 6.45) is 3.85. The SMILES string of the molecule is CCC1(C)NC(=O)N(NC(=O)CN2CCN(c3ncccn3)CC2)C1=O. The van der Waals surface area contributed by atoms with E-state index in [0.29, 0.717) is 38.5 Å². The molecule has 26 heavy (non-hydrogen) atoms. The van der Waals surface area contributed by atoms with Crippen LogP contribution in [-0.2, 0) is 9.59 Å². The number of piperazine rings is 1. The summed E-state index contributed by atoms with van der Waals surface area (Å²) in [6, 6.07) is 1.17. The number of hydrogen-bond donors (Lipinski definition) is 2. The molecule has 0 saturated carbocycles. The van der Waals surface area contributed by atoms with Gasteiger partial charge in [0, 0.05) is 38.6 Å². The van der Waals surface area contributed by atoms with Gasteiger partial charge < -0.3 is 10.2 Å². The van der Waals surface area contributed by atoms with Gasteiger partial charge in [0.1, 0.15) is 5.54 Å². The van der Waals surface area contributed by atoms with Gasteiger partial charge in [-0.3, -0.25) is 19.9 Å². The Morgan fingerprint density at radius 1 is 1.23 bits per heavy atom. The van der Waals surface area contributed by atoms with Crippen LogP contribution < -0.4 is 15.6 Å². The van der Waals surface area contributed by atoms with Crippen molar-refractivity contribution in [2.45, 2.75) is 25.8 Å². The second-order valence-corrected chi connectivity index (χ2v) is 6.60. The van der Waals surface area contributed by atoms with Crippen LogP contribution in [-0.4, -0.2) is 76.0 Å². The smallest absolute Gasteiger partial charge is 0.338 e. The number of carbonyl (C=O) groups excluding carboxylic acids is 3. The van der Waals surface area contributed by atoms with Crippen molar-refractivity contribution in [2.24, 2.45) is 0 Å². The molecule has 10 heteroatoms. The fraction of sp³-hybridized carbons (Fsp3) is 0.562. The summed E-state index contributed by atoms with van der Waals surface area (Å²) in [5.74, 6) is -0.155. The maximum atomic E-state index is 12.3. The van der Waals surface area contributed by atoms with Crippen molar-refractivity contribution in [3.63, 3.8) is 0 Å². The predicted molar refractivity (Wildman–Crippen MR) is 92.9 cm³/mol. The Balaban J connectivity index is 1.49. The zero-order valence-electron chi connectivity index (χ0n) is 14.9. The van der Waals surface area contributed by atoms with Crippen LogP contribution in [0.4, 0.5) is 10.7 Å². The molecule has 10 nitrogen and oxygen atoms in total. The minimum atomic E-state index is -0.967. The van der Waals surface area contributed by atoms with Gasteiger partial charge in [-0.05, 0) is 19.4 Å². The molecule has 1 aromatic rings. The lowest BCUT2D eigenvalue weighted by Gasteiger charge is -2.34. The number of aromatic nitrogens is 2. The van der Waals surface area contributed by atoms with Crippen LogP contribution in [0.2, 0.25) is 0 Å². The zero-order valence-corrected chi connectivity index (χ0v) is 14.9. The van der Waals surface area contributed by atoms with Crippen molar-refractivity contribution in [3.8, 4) is 0 Å². The van der Waals surface area contributed by atoms with E-state index in [0.717, 1.165) is 5.01 Å². The first-order valence-electron chi connectivity index (χ1n) is 8.63. The quantitative estimate of drug-likeness (QED) is 0.671. The maximum absolute atomic E-state index is 12.3. The molecule has 1 atom stereocenters. The molecule has 2 aliphatic heterocycles. The number of carbonyl (C=O) groups is 3.